The lowest BCUT2D eigenvalue weighted by Gasteiger charge is -2.15. The number of hydrogen-bond donors (Lipinski definition) is 1. The standard InChI is InChI=1S/C30H24BrN3O2/c1-3-35-28-16-20(14-23(17-32)30-33-26-12-11-19(2)13-27(26)34-30)15-25(31)29(28)36-18-22-9-6-8-21-7-4-5-10-24(21)22/h4-16H,3,18H2,1-2H3,(H,33,34)/b23-14-. The second-order valence-electron chi connectivity index (χ2n) is 8.47. The predicted octanol–water partition coefficient (Wildman–Crippen LogP) is 7.83. The van der Waals surface area contributed by atoms with Gasteiger partial charge in [0, 0.05) is 0 Å². The minimum absolute atomic E-state index is 0.400. The number of nitriles is 1. The van der Waals surface area contributed by atoms with Crippen LogP contribution in [0.4, 0.5) is 0 Å². The smallest absolute Gasteiger partial charge is 0.175 e. The summed E-state index contributed by atoms with van der Waals surface area (Å²) in [4.78, 5) is 7.85. The first-order chi connectivity index (χ1) is 17.6. The molecule has 1 N–H and O–H groups in total. The van der Waals surface area contributed by atoms with Crippen molar-refractivity contribution in [1.82, 2.24) is 9.97 Å². The van der Waals surface area contributed by atoms with Crippen LogP contribution in [-0.2, 0) is 6.61 Å². The first-order valence-electron chi connectivity index (χ1n) is 11.7. The van der Waals surface area contributed by atoms with Crippen LogP contribution in [0.3, 0.4) is 0 Å². The Morgan fingerprint density at radius 2 is 1.89 bits per heavy atom. The molecular formula is C30H24BrN3O2. The lowest BCUT2D eigenvalue weighted by molar-refractivity contribution is 0.268. The summed E-state index contributed by atoms with van der Waals surface area (Å²) >= 11 is 3.65. The summed E-state index contributed by atoms with van der Waals surface area (Å²) < 4.78 is 12.9. The fourth-order valence-corrected chi connectivity index (χ4v) is 4.79. The Labute approximate surface area is 218 Å². The van der Waals surface area contributed by atoms with E-state index in [2.05, 4.69) is 56.2 Å². The van der Waals surface area contributed by atoms with E-state index in [9.17, 15) is 5.26 Å². The molecule has 0 aliphatic rings. The largest absolute Gasteiger partial charge is 0.490 e. The molecule has 36 heavy (non-hydrogen) atoms. The van der Waals surface area contributed by atoms with Gasteiger partial charge < -0.3 is 14.5 Å². The second-order valence-corrected chi connectivity index (χ2v) is 9.32. The van der Waals surface area contributed by atoms with Crippen molar-refractivity contribution >= 4 is 49.4 Å². The van der Waals surface area contributed by atoms with Gasteiger partial charge in [0.2, 0.25) is 0 Å². The Balaban J connectivity index is 1.47. The number of nitrogens with zero attached hydrogens (tertiary/aromatic N) is 2. The molecule has 1 heterocycles. The lowest BCUT2D eigenvalue weighted by Crippen LogP contribution is -2.01. The maximum absolute atomic E-state index is 9.87. The normalized spacial score (nSPS) is 11.6. The molecule has 6 heteroatoms. The van der Waals surface area contributed by atoms with Gasteiger partial charge in [0.25, 0.3) is 0 Å². The third-order valence-corrected chi connectivity index (χ3v) is 6.50. The summed E-state index contributed by atoms with van der Waals surface area (Å²) in [6, 6.07) is 26.5. The topological polar surface area (TPSA) is 70.9 Å². The van der Waals surface area contributed by atoms with E-state index in [-0.39, 0.29) is 0 Å². The van der Waals surface area contributed by atoms with Crippen LogP contribution < -0.4 is 9.47 Å². The number of fused-ring (bicyclic) bond motifs is 2. The van der Waals surface area contributed by atoms with Crippen molar-refractivity contribution in [2.24, 2.45) is 0 Å². The molecule has 0 radical (unpaired) electrons. The van der Waals surface area contributed by atoms with E-state index in [1.165, 1.54) is 5.39 Å². The van der Waals surface area contributed by atoms with Gasteiger partial charge in [0.05, 0.1) is 27.7 Å². The molecule has 0 saturated carbocycles. The highest BCUT2D eigenvalue weighted by molar-refractivity contribution is 9.10. The van der Waals surface area contributed by atoms with E-state index < -0.39 is 0 Å². The third kappa shape index (κ3) is 4.84. The minimum Gasteiger partial charge on any atom is -0.490 e. The summed E-state index contributed by atoms with van der Waals surface area (Å²) in [5.74, 6) is 1.76. The van der Waals surface area contributed by atoms with E-state index in [0.29, 0.717) is 36.1 Å². The van der Waals surface area contributed by atoms with E-state index in [4.69, 9.17) is 9.47 Å². The average molecular weight is 538 g/mol. The fraction of sp³-hybridized carbons (Fsp3) is 0.133. The number of nitrogens with one attached hydrogen (secondary N) is 1. The van der Waals surface area contributed by atoms with Gasteiger partial charge in [0.15, 0.2) is 11.5 Å². The van der Waals surface area contributed by atoms with Crippen LogP contribution in [0.2, 0.25) is 0 Å². The number of allylic oxidation sites excluding steroid dienone is 1. The summed E-state index contributed by atoms with van der Waals surface area (Å²) in [6.07, 6.45) is 1.80. The highest BCUT2D eigenvalue weighted by atomic mass is 79.9. The van der Waals surface area contributed by atoms with Crippen LogP contribution in [0, 0.1) is 18.3 Å². The number of aromatic nitrogens is 2. The van der Waals surface area contributed by atoms with Crippen molar-refractivity contribution in [3.05, 3.63) is 99.8 Å². The Morgan fingerprint density at radius 1 is 1.06 bits per heavy atom. The van der Waals surface area contributed by atoms with Gasteiger partial charge in [-0.2, -0.15) is 5.26 Å². The number of rotatable bonds is 7. The van der Waals surface area contributed by atoms with Gasteiger partial charge in [-0.3, -0.25) is 0 Å². The van der Waals surface area contributed by atoms with Crippen LogP contribution in [0.15, 0.2) is 77.3 Å². The molecule has 5 rings (SSSR count). The molecule has 0 spiro atoms. The van der Waals surface area contributed by atoms with E-state index in [0.717, 1.165) is 37.6 Å². The number of aromatic amines is 1. The third-order valence-electron chi connectivity index (χ3n) is 5.91. The molecule has 5 aromatic rings. The van der Waals surface area contributed by atoms with Crippen molar-refractivity contribution in [1.29, 1.82) is 5.26 Å². The maximum Gasteiger partial charge on any atom is 0.175 e. The zero-order valence-corrected chi connectivity index (χ0v) is 21.6. The van der Waals surface area contributed by atoms with Crippen LogP contribution in [0.25, 0.3) is 33.5 Å². The fourth-order valence-electron chi connectivity index (χ4n) is 4.21. The second kappa shape index (κ2) is 10.3. The summed E-state index contributed by atoms with van der Waals surface area (Å²) in [5, 5.41) is 12.2. The monoisotopic (exact) mass is 537 g/mol. The quantitative estimate of drug-likeness (QED) is 0.215. The molecule has 0 atom stereocenters. The van der Waals surface area contributed by atoms with Gasteiger partial charge in [-0.25, -0.2) is 4.98 Å². The molecular weight excluding hydrogens is 514 g/mol. The summed E-state index contributed by atoms with van der Waals surface area (Å²) in [7, 11) is 0. The van der Waals surface area contributed by atoms with Crippen LogP contribution >= 0.6 is 15.9 Å². The number of aryl methyl sites for hydroxylation is 1. The molecule has 0 aliphatic heterocycles. The molecule has 0 unspecified atom stereocenters. The van der Waals surface area contributed by atoms with E-state index >= 15 is 0 Å². The Hall–Kier alpha value is -4.08. The molecule has 5 nitrogen and oxygen atoms in total. The lowest BCUT2D eigenvalue weighted by atomic mass is 10.1. The van der Waals surface area contributed by atoms with Gasteiger partial charge in [-0.15, -0.1) is 0 Å². The number of ether oxygens (including phenoxy) is 2. The zero-order valence-electron chi connectivity index (χ0n) is 20.0. The summed E-state index contributed by atoms with van der Waals surface area (Å²) in [6.45, 7) is 4.84. The van der Waals surface area contributed by atoms with Crippen LogP contribution in [-0.4, -0.2) is 16.6 Å². The number of H-pyrrole nitrogens is 1. The van der Waals surface area contributed by atoms with Crippen LogP contribution in [0.5, 0.6) is 11.5 Å². The molecule has 0 aliphatic carbocycles. The average Bonchev–Trinajstić information content (AvgIpc) is 3.30. The van der Waals surface area contributed by atoms with Gasteiger partial charge in [-0.1, -0.05) is 48.5 Å². The van der Waals surface area contributed by atoms with Crippen molar-refractivity contribution in [3.63, 3.8) is 0 Å². The van der Waals surface area contributed by atoms with Gasteiger partial charge in [-0.05, 0) is 87.6 Å². The first kappa shape index (κ1) is 23.7. The number of imidazole rings is 1. The number of hydrogen-bond acceptors (Lipinski definition) is 4. The van der Waals surface area contributed by atoms with E-state index in [1.54, 1.807) is 6.08 Å². The Bertz CT molecular complexity index is 1640. The summed E-state index contributed by atoms with van der Waals surface area (Å²) in [5.41, 5.74) is 5.19. The Morgan fingerprint density at radius 3 is 2.72 bits per heavy atom. The molecule has 0 saturated heterocycles. The predicted molar refractivity (Wildman–Crippen MR) is 148 cm³/mol. The zero-order chi connectivity index (χ0) is 25.1. The SMILES string of the molecule is CCOc1cc(/C=C(/C#N)c2nc3ccc(C)cc3[nH]2)cc(Br)c1OCc1cccc2ccccc12. The number of benzene rings is 4. The molecule has 0 bridgehead atoms. The van der Waals surface area contributed by atoms with Crippen molar-refractivity contribution in [2.75, 3.05) is 6.61 Å². The van der Waals surface area contributed by atoms with E-state index in [1.807, 2.05) is 62.4 Å². The van der Waals surface area contributed by atoms with Crippen molar-refractivity contribution in [2.45, 2.75) is 20.5 Å². The van der Waals surface area contributed by atoms with Crippen molar-refractivity contribution in [3.8, 4) is 17.6 Å². The molecule has 4 aromatic carbocycles. The van der Waals surface area contributed by atoms with Gasteiger partial charge >= 0.3 is 0 Å². The molecule has 0 fully saturated rings. The van der Waals surface area contributed by atoms with Crippen molar-refractivity contribution < 1.29 is 9.47 Å². The van der Waals surface area contributed by atoms with Gasteiger partial charge in [0.1, 0.15) is 18.5 Å². The minimum atomic E-state index is 0.400. The maximum atomic E-state index is 9.87. The van der Waals surface area contributed by atoms with Crippen LogP contribution in [0.1, 0.15) is 29.4 Å². The molecule has 0 amide bonds. The number of halogens is 1. The molecule has 1 aromatic heterocycles. The molecule has 178 valence electrons. The highest BCUT2D eigenvalue weighted by Crippen LogP contribution is 2.38. The Kier molecular flexibility index (Phi) is 6.75. The highest BCUT2D eigenvalue weighted by Gasteiger charge is 2.15. The first-order valence-corrected chi connectivity index (χ1v) is 12.5.